The zero-order chi connectivity index (χ0) is 13.1. The Morgan fingerprint density at radius 3 is 2.67 bits per heavy atom. The van der Waals surface area contributed by atoms with Gasteiger partial charge < -0.3 is 9.84 Å². The number of halogens is 2. The van der Waals surface area contributed by atoms with Gasteiger partial charge in [-0.1, -0.05) is 23.7 Å². The summed E-state index contributed by atoms with van der Waals surface area (Å²) in [5.41, 5.74) is 1.13. The fourth-order valence-electron chi connectivity index (χ4n) is 1.60. The third-order valence-corrected chi connectivity index (χ3v) is 2.84. The highest BCUT2D eigenvalue weighted by Crippen LogP contribution is 2.32. The number of ether oxygens (including phenoxy) is 1. The number of hydrogen-bond donors (Lipinski definition) is 1. The van der Waals surface area contributed by atoms with E-state index in [2.05, 4.69) is 0 Å². The molecule has 0 aliphatic heterocycles. The summed E-state index contributed by atoms with van der Waals surface area (Å²) in [7, 11) is 0. The van der Waals surface area contributed by atoms with E-state index in [0.717, 1.165) is 5.56 Å². The van der Waals surface area contributed by atoms with Crippen LogP contribution in [0.15, 0.2) is 36.4 Å². The Labute approximate surface area is 110 Å². The topological polar surface area (TPSA) is 29.5 Å². The first kappa shape index (κ1) is 12.9. The van der Waals surface area contributed by atoms with Crippen LogP contribution >= 0.6 is 11.6 Å². The molecule has 0 unspecified atom stereocenters. The third kappa shape index (κ3) is 2.63. The molecule has 0 aromatic heterocycles. The molecule has 2 aromatic rings. The molecular weight excluding hydrogens is 255 g/mol. The minimum Gasteiger partial charge on any atom is -0.455 e. The molecule has 0 saturated heterocycles. The summed E-state index contributed by atoms with van der Waals surface area (Å²) < 4.78 is 19.0. The van der Waals surface area contributed by atoms with E-state index in [0.29, 0.717) is 10.8 Å². The van der Waals surface area contributed by atoms with Crippen LogP contribution in [0.3, 0.4) is 0 Å². The summed E-state index contributed by atoms with van der Waals surface area (Å²) in [6.45, 7) is 1.49. The van der Waals surface area contributed by atoms with Crippen molar-refractivity contribution in [1.82, 2.24) is 0 Å². The van der Waals surface area contributed by atoms with E-state index in [9.17, 15) is 4.39 Å². The Morgan fingerprint density at radius 1 is 1.22 bits per heavy atom. The summed E-state index contributed by atoms with van der Waals surface area (Å²) in [5, 5.41) is 9.59. The molecule has 0 bridgehead atoms. The van der Waals surface area contributed by atoms with Crippen LogP contribution in [0.1, 0.15) is 11.1 Å². The Morgan fingerprint density at radius 2 is 2.00 bits per heavy atom. The van der Waals surface area contributed by atoms with Crippen molar-refractivity contribution in [2.75, 3.05) is 0 Å². The van der Waals surface area contributed by atoms with Crippen LogP contribution in [0.5, 0.6) is 11.5 Å². The Balaban J connectivity index is 2.37. The summed E-state index contributed by atoms with van der Waals surface area (Å²) in [5.74, 6) is 0.198. The van der Waals surface area contributed by atoms with Crippen LogP contribution in [-0.4, -0.2) is 5.11 Å². The van der Waals surface area contributed by atoms with E-state index in [-0.39, 0.29) is 11.3 Å². The number of rotatable bonds is 3. The van der Waals surface area contributed by atoms with Crippen LogP contribution in [0.2, 0.25) is 5.02 Å². The maximum atomic E-state index is 13.4. The summed E-state index contributed by atoms with van der Waals surface area (Å²) >= 11 is 6.03. The Kier molecular flexibility index (Phi) is 3.84. The van der Waals surface area contributed by atoms with Crippen molar-refractivity contribution in [3.63, 3.8) is 0 Å². The first-order valence-corrected chi connectivity index (χ1v) is 5.82. The molecule has 2 nitrogen and oxygen atoms in total. The maximum absolute atomic E-state index is 13.4. The van der Waals surface area contributed by atoms with Crippen molar-refractivity contribution in [1.29, 1.82) is 0 Å². The number of aliphatic hydroxyl groups excluding tert-OH is 1. The summed E-state index contributed by atoms with van der Waals surface area (Å²) in [4.78, 5) is 0. The van der Waals surface area contributed by atoms with Gasteiger partial charge in [0.05, 0.1) is 17.2 Å². The van der Waals surface area contributed by atoms with Gasteiger partial charge in [0.1, 0.15) is 17.3 Å². The van der Waals surface area contributed by atoms with E-state index in [1.54, 1.807) is 18.2 Å². The second-order valence-corrected chi connectivity index (χ2v) is 4.32. The lowest BCUT2D eigenvalue weighted by molar-refractivity contribution is 0.270. The van der Waals surface area contributed by atoms with Crippen LogP contribution in [-0.2, 0) is 6.61 Å². The monoisotopic (exact) mass is 266 g/mol. The number of aliphatic hydroxyl groups is 1. The van der Waals surface area contributed by atoms with Gasteiger partial charge >= 0.3 is 0 Å². The standard InChI is InChI=1S/C14H12ClFO2/c1-9-5-6-14(11(15)7-9)18-13-4-2-3-12(16)10(13)8-17/h2-7,17H,8H2,1H3. The van der Waals surface area contributed by atoms with Crippen LogP contribution in [0, 0.1) is 12.7 Å². The molecule has 0 atom stereocenters. The normalized spacial score (nSPS) is 10.4. The molecule has 0 aliphatic rings. The third-order valence-electron chi connectivity index (χ3n) is 2.54. The Hall–Kier alpha value is -1.58. The number of benzene rings is 2. The largest absolute Gasteiger partial charge is 0.455 e. The summed E-state index contributed by atoms with van der Waals surface area (Å²) in [6.07, 6.45) is 0. The molecule has 0 fully saturated rings. The van der Waals surface area contributed by atoms with Crippen molar-refractivity contribution in [2.45, 2.75) is 13.5 Å². The lowest BCUT2D eigenvalue weighted by atomic mass is 10.2. The predicted molar refractivity (Wildman–Crippen MR) is 68.6 cm³/mol. The van der Waals surface area contributed by atoms with Crippen LogP contribution < -0.4 is 4.74 Å². The van der Waals surface area contributed by atoms with Gasteiger partial charge in [0, 0.05) is 0 Å². The average molecular weight is 267 g/mol. The predicted octanol–water partition coefficient (Wildman–Crippen LogP) is 4.07. The zero-order valence-electron chi connectivity index (χ0n) is 9.78. The lowest BCUT2D eigenvalue weighted by Gasteiger charge is -2.11. The highest BCUT2D eigenvalue weighted by atomic mass is 35.5. The highest BCUT2D eigenvalue weighted by molar-refractivity contribution is 6.32. The molecule has 0 amide bonds. The molecule has 1 N–H and O–H groups in total. The molecule has 0 heterocycles. The molecule has 2 rings (SSSR count). The lowest BCUT2D eigenvalue weighted by Crippen LogP contribution is -1.95. The van der Waals surface area contributed by atoms with Gasteiger partial charge in [-0.25, -0.2) is 4.39 Å². The number of hydrogen-bond acceptors (Lipinski definition) is 2. The minimum atomic E-state index is -0.502. The molecule has 0 radical (unpaired) electrons. The number of aryl methyl sites for hydroxylation is 1. The van der Waals surface area contributed by atoms with Crippen molar-refractivity contribution in [3.05, 3.63) is 58.4 Å². The van der Waals surface area contributed by atoms with Crippen LogP contribution in [0.25, 0.3) is 0 Å². The molecular formula is C14H12ClFO2. The first-order valence-electron chi connectivity index (χ1n) is 5.44. The van der Waals surface area contributed by atoms with Crippen molar-refractivity contribution in [3.8, 4) is 11.5 Å². The highest BCUT2D eigenvalue weighted by Gasteiger charge is 2.11. The van der Waals surface area contributed by atoms with Crippen molar-refractivity contribution in [2.24, 2.45) is 0 Å². The molecule has 94 valence electrons. The Bertz CT molecular complexity index is 570. The van der Waals surface area contributed by atoms with Gasteiger partial charge in [-0.3, -0.25) is 0 Å². The van der Waals surface area contributed by atoms with E-state index < -0.39 is 12.4 Å². The van der Waals surface area contributed by atoms with Gasteiger partial charge in [-0.2, -0.15) is 0 Å². The van der Waals surface area contributed by atoms with Gasteiger partial charge in [0.15, 0.2) is 0 Å². The fraction of sp³-hybridized carbons (Fsp3) is 0.143. The van der Waals surface area contributed by atoms with Gasteiger partial charge in [-0.15, -0.1) is 0 Å². The van der Waals surface area contributed by atoms with Gasteiger partial charge in [-0.05, 0) is 36.8 Å². The first-order chi connectivity index (χ1) is 8.61. The van der Waals surface area contributed by atoms with Crippen molar-refractivity contribution >= 4 is 11.6 Å². The SMILES string of the molecule is Cc1ccc(Oc2cccc(F)c2CO)c(Cl)c1. The smallest absolute Gasteiger partial charge is 0.146 e. The maximum Gasteiger partial charge on any atom is 0.146 e. The molecule has 0 aliphatic carbocycles. The molecule has 4 heteroatoms. The average Bonchev–Trinajstić information content (AvgIpc) is 2.33. The molecule has 0 saturated carbocycles. The molecule has 2 aromatic carbocycles. The quantitative estimate of drug-likeness (QED) is 0.907. The van der Waals surface area contributed by atoms with E-state index in [4.69, 9.17) is 21.4 Å². The second-order valence-electron chi connectivity index (χ2n) is 3.91. The van der Waals surface area contributed by atoms with E-state index >= 15 is 0 Å². The summed E-state index contributed by atoms with van der Waals surface area (Å²) in [6, 6.07) is 9.70. The van der Waals surface area contributed by atoms with E-state index in [1.165, 1.54) is 12.1 Å². The van der Waals surface area contributed by atoms with E-state index in [1.807, 2.05) is 13.0 Å². The van der Waals surface area contributed by atoms with Gasteiger partial charge in [0.25, 0.3) is 0 Å². The fourth-order valence-corrected chi connectivity index (χ4v) is 1.87. The van der Waals surface area contributed by atoms with Crippen molar-refractivity contribution < 1.29 is 14.2 Å². The minimum absolute atomic E-state index is 0.120. The second kappa shape index (κ2) is 5.38. The molecule has 0 spiro atoms. The molecule has 18 heavy (non-hydrogen) atoms. The zero-order valence-corrected chi connectivity index (χ0v) is 10.5. The van der Waals surface area contributed by atoms with Crippen LogP contribution in [0.4, 0.5) is 4.39 Å². The van der Waals surface area contributed by atoms with Gasteiger partial charge in [0.2, 0.25) is 0 Å².